The SMILES string of the molecule is Cc1nc(N2CCN(C)CC2)c2nc(-c3ccccc3OC(F)(F)F)n([C@@H]3CCOC3)c2n1.Cl. The van der Waals surface area contributed by atoms with Crippen molar-refractivity contribution in [2.75, 3.05) is 51.3 Å². The standard InChI is InChI=1S/C22H25F3N6O2.ClH/c1-14-26-20(30-10-8-29(2)9-11-30)18-21(27-14)31(15-7-12-32-13-15)19(28-18)16-5-3-4-6-17(16)33-22(23,24)25;/h3-6,15H,7-13H2,1-2H3;1H/t15-;/m1./s1. The van der Waals surface area contributed by atoms with E-state index in [-0.39, 0.29) is 29.8 Å². The number of imidazole rings is 1. The van der Waals surface area contributed by atoms with Crippen LogP contribution in [0, 0.1) is 6.92 Å². The summed E-state index contributed by atoms with van der Waals surface area (Å²) in [6, 6.07) is 5.97. The van der Waals surface area contributed by atoms with Gasteiger partial charge in [0.05, 0.1) is 18.2 Å². The number of benzene rings is 1. The molecule has 2 fully saturated rings. The number of hydrogen-bond donors (Lipinski definition) is 0. The van der Waals surface area contributed by atoms with Gasteiger partial charge in [0.25, 0.3) is 0 Å². The summed E-state index contributed by atoms with van der Waals surface area (Å²) in [6.45, 7) is 6.16. The van der Waals surface area contributed by atoms with E-state index >= 15 is 0 Å². The second-order valence-electron chi connectivity index (χ2n) is 8.42. The number of alkyl halides is 3. The second-order valence-corrected chi connectivity index (χ2v) is 8.42. The minimum absolute atomic E-state index is 0. The summed E-state index contributed by atoms with van der Waals surface area (Å²) in [5.74, 6) is 1.36. The lowest BCUT2D eigenvalue weighted by atomic mass is 10.1. The minimum atomic E-state index is -4.81. The van der Waals surface area contributed by atoms with Crippen LogP contribution in [0.2, 0.25) is 0 Å². The number of rotatable bonds is 4. The van der Waals surface area contributed by atoms with Crippen molar-refractivity contribution in [1.82, 2.24) is 24.4 Å². The zero-order valence-electron chi connectivity index (χ0n) is 18.9. The van der Waals surface area contributed by atoms with E-state index in [9.17, 15) is 13.2 Å². The van der Waals surface area contributed by atoms with E-state index in [4.69, 9.17) is 9.72 Å². The van der Waals surface area contributed by atoms with Crippen LogP contribution in [0.3, 0.4) is 0 Å². The molecule has 0 radical (unpaired) electrons. The van der Waals surface area contributed by atoms with Crippen molar-refractivity contribution in [3.05, 3.63) is 30.1 Å². The van der Waals surface area contributed by atoms with Gasteiger partial charge in [-0.1, -0.05) is 12.1 Å². The molecule has 2 aliphatic rings. The number of ether oxygens (including phenoxy) is 2. The summed E-state index contributed by atoms with van der Waals surface area (Å²) in [7, 11) is 2.07. The number of para-hydroxylation sites is 1. The molecule has 8 nitrogen and oxygen atoms in total. The molecule has 0 spiro atoms. The quantitative estimate of drug-likeness (QED) is 0.541. The first kappa shape index (κ1) is 24.5. The van der Waals surface area contributed by atoms with Crippen LogP contribution >= 0.6 is 12.4 Å². The highest BCUT2D eigenvalue weighted by molar-refractivity contribution is 5.88. The van der Waals surface area contributed by atoms with Crippen molar-refractivity contribution in [3.8, 4) is 17.1 Å². The molecule has 0 aliphatic carbocycles. The molecule has 2 aliphatic heterocycles. The Bertz CT molecular complexity index is 1160. The lowest BCUT2D eigenvalue weighted by molar-refractivity contribution is -0.274. The molecule has 2 aromatic heterocycles. The van der Waals surface area contributed by atoms with E-state index in [1.54, 1.807) is 12.1 Å². The van der Waals surface area contributed by atoms with Crippen LogP contribution in [0.4, 0.5) is 19.0 Å². The van der Waals surface area contributed by atoms with Crippen LogP contribution < -0.4 is 9.64 Å². The van der Waals surface area contributed by atoms with E-state index in [1.165, 1.54) is 12.1 Å². The fourth-order valence-electron chi connectivity index (χ4n) is 4.43. The lowest BCUT2D eigenvalue weighted by Crippen LogP contribution is -2.45. The van der Waals surface area contributed by atoms with E-state index in [0.29, 0.717) is 48.3 Å². The van der Waals surface area contributed by atoms with E-state index < -0.39 is 6.36 Å². The van der Waals surface area contributed by atoms with Crippen molar-refractivity contribution in [2.45, 2.75) is 25.7 Å². The molecule has 3 aromatic rings. The third kappa shape index (κ3) is 4.77. The van der Waals surface area contributed by atoms with Crippen molar-refractivity contribution >= 4 is 29.4 Å². The maximum atomic E-state index is 13.1. The Balaban J connectivity index is 0.00000274. The summed E-state index contributed by atoms with van der Waals surface area (Å²) in [6.07, 6.45) is -4.10. The van der Waals surface area contributed by atoms with Gasteiger partial charge in [-0.05, 0) is 32.5 Å². The first-order chi connectivity index (χ1) is 15.8. The van der Waals surface area contributed by atoms with Gasteiger partial charge in [-0.3, -0.25) is 0 Å². The Hall–Kier alpha value is -2.63. The third-order valence-electron chi connectivity index (χ3n) is 6.06. The van der Waals surface area contributed by atoms with Crippen LogP contribution in [-0.4, -0.2) is 77.2 Å². The van der Waals surface area contributed by atoms with Gasteiger partial charge in [0.1, 0.15) is 17.4 Å². The Morgan fingerprint density at radius 1 is 1.06 bits per heavy atom. The Morgan fingerprint density at radius 2 is 1.79 bits per heavy atom. The maximum absolute atomic E-state index is 13.1. The van der Waals surface area contributed by atoms with Crippen molar-refractivity contribution in [3.63, 3.8) is 0 Å². The largest absolute Gasteiger partial charge is 0.573 e. The first-order valence-electron chi connectivity index (χ1n) is 10.9. The highest BCUT2D eigenvalue weighted by atomic mass is 35.5. The first-order valence-corrected chi connectivity index (χ1v) is 10.9. The van der Waals surface area contributed by atoms with Crippen LogP contribution in [-0.2, 0) is 4.74 Å². The summed E-state index contributed by atoms with van der Waals surface area (Å²) < 4.78 is 51.2. The molecule has 0 bridgehead atoms. The van der Waals surface area contributed by atoms with Gasteiger partial charge >= 0.3 is 6.36 Å². The lowest BCUT2D eigenvalue weighted by Gasteiger charge is -2.33. The molecule has 2 saturated heterocycles. The molecule has 0 amide bonds. The normalized spacial score (nSPS) is 19.4. The van der Waals surface area contributed by atoms with Crippen LogP contribution in [0.5, 0.6) is 5.75 Å². The van der Waals surface area contributed by atoms with Gasteiger partial charge in [-0.25, -0.2) is 15.0 Å². The average Bonchev–Trinajstić information content (AvgIpc) is 3.40. The summed E-state index contributed by atoms with van der Waals surface area (Å²) in [5, 5.41) is 0. The molecule has 5 rings (SSSR count). The van der Waals surface area contributed by atoms with Gasteiger partial charge in [0.15, 0.2) is 17.0 Å². The molecule has 0 unspecified atom stereocenters. The van der Waals surface area contributed by atoms with Crippen LogP contribution in [0.1, 0.15) is 18.3 Å². The summed E-state index contributed by atoms with van der Waals surface area (Å²) in [5.41, 5.74) is 1.43. The average molecular weight is 499 g/mol. The molecule has 34 heavy (non-hydrogen) atoms. The molecule has 1 aromatic carbocycles. The van der Waals surface area contributed by atoms with Crippen LogP contribution in [0.25, 0.3) is 22.6 Å². The van der Waals surface area contributed by atoms with Crippen molar-refractivity contribution in [1.29, 1.82) is 0 Å². The van der Waals surface area contributed by atoms with E-state index in [2.05, 4.69) is 31.6 Å². The van der Waals surface area contributed by atoms with Crippen LogP contribution in [0.15, 0.2) is 24.3 Å². The summed E-state index contributed by atoms with van der Waals surface area (Å²) in [4.78, 5) is 18.6. The number of aromatic nitrogens is 4. The smallest absolute Gasteiger partial charge is 0.405 e. The molecular weight excluding hydrogens is 473 g/mol. The topological polar surface area (TPSA) is 68.5 Å². The molecule has 0 N–H and O–H groups in total. The Morgan fingerprint density at radius 3 is 2.47 bits per heavy atom. The highest BCUT2D eigenvalue weighted by Crippen LogP contribution is 2.39. The van der Waals surface area contributed by atoms with E-state index in [0.717, 1.165) is 26.2 Å². The van der Waals surface area contributed by atoms with Gasteiger partial charge in [0, 0.05) is 32.8 Å². The third-order valence-corrected chi connectivity index (χ3v) is 6.06. The zero-order valence-corrected chi connectivity index (χ0v) is 19.7. The fraction of sp³-hybridized carbons (Fsp3) is 0.500. The molecule has 184 valence electrons. The number of anilines is 1. The number of aryl methyl sites for hydroxylation is 1. The Kier molecular flexibility index (Phi) is 6.88. The van der Waals surface area contributed by atoms with Crippen molar-refractivity contribution < 1.29 is 22.6 Å². The zero-order chi connectivity index (χ0) is 23.2. The van der Waals surface area contributed by atoms with Crippen molar-refractivity contribution in [2.24, 2.45) is 0 Å². The predicted molar refractivity (Wildman–Crippen MR) is 124 cm³/mol. The minimum Gasteiger partial charge on any atom is -0.405 e. The number of halogens is 4. The molecule has 0 saturated carbocycles. The predicted octanol–water partition coefficient (Wildman–Crippen LogP) is 3.84. The highest BCUT2D eigenvalue weighted by Gasteiger charge is 2.34. The Labute approximate surface area is 201 Å². The summed E-state index contributed by atoms with van der Waals surface area (Å²) >= 11 is 0. The molecular formula is C22H26ClF3N6O2. The van der Waals surface area contributed by atoms with Gasteiger partial charge in [-0.2, -0.15) is 0 Å². The molecule has 1 atom stereocenters. The maximum Gasteiger partial charge on any atom is 0.573 e. The number of piperazine rings is 1. The van der Waals surface area contributed by atoms with Gasteiger partial charge in [-0.15, -0.1) is 25.6 Å². The van der Waals surface area contributed by atoms with Gasteiger partial charge < -0.3 is 23.8 Å². The number of fused-ring (bicyclic) bond motifs is 1. The number of likely N-dealkylation sites (N-methyl/N-ethyl adjacent to an activating group) is 1. The fourth-order valence-corrected chi connectivity index (χ4v) is 4.43. The number of nitrogens with zero attached hydrogens (tertiary/aromatic N) is 6. The molecule has 4 heterocycles. The van der Waals surface area contributed by atoms with E-state index in [1.807, 2.05) is 11.5 Å². The van der Waals surface area contributed by atoms with Gasteiger partial charge in [0.2, 0.25) is 0 Å². The number of hydrogen-bond acceptors (Lipinski definition) is 7. The molecule has 12 heteroatoms. The monoisotopic (exact) mass is 498 g/mol. The second kappa shape index (κ2) is 9.55.